The summed E-state index contributed by atoms with van der Waals surface area (Å²) in [7, 11) is 0. The van der Waals surface area contributed by atoms with E-state index in [1.165, 1.54) is 18.3 Å². The quantitative estimate of drug-likeness (QED) is 0.268. The molecule has 1 heterocycles. The van der Waals surface area contributed by atoms with Crippen LogP contribution in [0.2, 0.25) is 0 Å². The van der Waals surface area contributed by atoms with E-state index >= 15 is 0 Å². The van der Waals surface area contributed by atoms with Gasteiger partial charge in [0.25, 0.3) is 0 Å². The van der Waals surface area contributed by atoms with Crippen LogP contribution in [0.15, 0.2) is 47.8 Å². The van der Waals surface area contributed by atoms with Gasteiger partial charge in [0.1, 0.15) is 11.5 Å². The predicted octanol–water partition coefficient (Wildman–Crippen LogP) is 1.72. The van der Waals surface area contributed by atoms with Gasteiger partial charge in [-0.1, -0.05) is 23.1 Å². The number of rotatable bonds is 1. The lowest BCUT2D eigenvalue weighted by molar-refractivity contribution is 0.318. The summed E-state index contributed by atoms with van der Waals surface area (Å²) in [5, 5.41) is 11.3. The molecule has 0 unspecified atom stereocenters. The second-order valence-corrected chi connectivity index (χ2v) is 3.68. The van der Waals surface area contributed by atoms with Crippen molar-refractivity contribution in [2.24, 2.45) is 10.9 Å². The average Bonchev–Trinajstić information content (AvgIpc) is 2.45. The van der Waals surface area contributed by atoms with Crippen LogP contribution in [0.5, 0.6) is 0 Å². The van der Waals surface area contributed by atoms with Crippen LogP contribution in [0, 0.1) is 17.7 Å². The fourth-order valence-electron chi connectivity index (χ4n) is 1.38. The first kappa shape index (κ1) is 12.6. The SMILES string of the molecule is N/C(=N\O)c1ccc(C#Cc2cccc(F)c2)cn1. The van der Waals surface area contributed by atoms with Crippen molar-refractivity contribution in [1.29, 1.82) is 0 Å². The lowest BCUT2D eigenvalue weighted by atomic mass is 10.2. The normalized spacial score (nSPS) is 10.7. The Labute approximate surface area is 109 Å². The maximum Gasteiger partial charge on any atom is 0.188 e. The van der Waals surface area contributed by atoms with Gasteiger partial charge in [0.2, 0.25) is 0 Å². The molecule has 0 fully saturated rings. The summed E-state index contributed by atoms with van der Waals surface area (Å²) in [6.45, 7) is 0. The molecule has 0 aliphatic rings. The lowest BCUT2D eigenvalue weighted by Gasteiger charge is -1.96. The topological polar surface area (TPSA) is 71.5 Å². The zero-order valence-electron chi connectivity index (χ0n) is 9.84. The van der Waals surface area contributed by atoms with E-state index in [2.05, 4.69) is 22.0 Å². The minimum absolute atomic E-state index is 0.0651. The molecular formula is C14H10FN3O. The maximum atomic E-state index is 12.9. The Bertz CT molecular complexity index is 669. The van der Waals surface area contributed by atoms with Gasteiger partial charge in [-0.3, -0.25) is 4.98 Å². The minimum atomic E-state index is -0.327. The molecule has 4 nitrogen and oxygen atoms in total. The summed E-state index contributed by atoms with van der Waals surface area (Å²) in [5.74, 6) is 5.28. The second kappa shape index (κ2) is 5.65. The van der Waals surface area contributed by atoms with E-state index < -0.39 is 0 Å². The van der Waals surface area contributed by atoms with E-state index in [0.717, 1.165) is 0 Å². The summed E-state index contributed by atoms with van der Waals surface area (Å²) in [6.07, 6.45) is 1.50. The number of oxime groups is 1. The van der Waals surface area contributed by atoms with E-state index in [1.807, 2.05) is 0 Å². The van der Waals surface area contributed by atoms with Crippen molar-refractivity contribution in [2.75, 3.05) is 0 Å². The van der Waals surface area contributed by atoms with Gasteiger partial charge >= 0.3 is 0 Å². The van der Waals surface area contributed by atoms with Crippen molar-refractivity contribution in [3.63, 3.8) is 0 Å². The fourth-order valence-corrected chi connectivity index (χ4v) is 1.38. The Kier molecular flexibility index (Phi) is 3.74. The highest BCUT2D eigenvalue weighted by Crippen LogP contribution is 2.03. The molecule has 5 heteroatoms. The molecule has 0 saturated heterocycles. The second-order valence-electron chi connectivity index (χ2n) is 3.68. The van der Waals surface area contributed by atoms with Crippen LogP contribution in [0.3, 0.4) is 0 Å². The van der Waals surface area contributed by atoms with Gasteiger partial charge < -0.3 is 10.9 Å². The molecule has 0 spiro atoms. The van der Waals surface area contributed by atoms with Crippen LogP contribution >= 0.6 is 0 Å². The van der Waals surface area contributed by atoms with E-state index in [4.69, 9.17) is 10.9 Å². The number of hydrogen-bond acceptors (Lipinski definition) is 3. The first-order valence-electron chi connectivity index (χ1n) is 5.40. The molecule has 94 valence electrons. The van der Waals surface area contributed by atoms with Gasteiger partial charge in [0, 0.05) is 17.3 Å². The number of pyridine rings is 1. The number of nitrogens with zero attached hydrogens (tertiary/aromatic N) is 2. The van der Waals surface area contributed by atoms with Crippen molar-refractivity contribution >= 4 is 5.84 Å². The van der Waals surface area contributed by atoms with Crippen LogP contribution < -0.4 is 5.73 Å². The number of aromatic nitrogens is 1. The molecule has 0 aliphatic heterocycles. The Morgan fingerprint density at radius 2 is 2.00 bits per heavy atom. The highest BCUT2D eigenvalue weighted by atomic mass is 19.1. The highest BCUT2D eigenvalue weighted by molar-refractivity contribution is 5.95. The Morgan fingerprint density at radius 3 is 2.63 bits per heavy atom. The van der Waals surface area contributed by atoms with Crippen molar-refractivity contribution in [1.82, 2.24) is 4.98 Å². The molecule has 19 heavy (non-hydrogen) atoms. The third-order valence-electron chi connectivity index (χ3n) is 2.31. The smallest absolute Gasteiger partial charge is 0.188 e. The number of nitrogens with two attached hydrogens (primary N) is 1. The van der Waals surface area contributed by atoms with Crippen molar-refractivity contribution in [2.45, 2.75) is 0 Å². The minimum Gasteiger partial charge on any atom is -0.409 e. The van der Waals surface area contributed by atoms with E-state index in [-0.39, 0.29) is 11.7 Å². The van der Waals surface area contributed by atoms with Crippen LogP contribution in [0.25, 0.3) is 0 Å². The summed E-state index contributed by atoms with van der Waals surface area (Å²) in [4.78, 5) is 3.99. The molecule has 0 aliphatic carbocycles. The zero-order chi connectivity index (χ0) is 13.7. The third-order valence-corrected chi connectivity index (χ3v) is 2.31. The molecule has 1 aromatic heterocycles. The number of hydrogen-bond donors (Lipinski definition) is 2. The first-order valence-corrected chi connectivity index (χ1v) is 5.40. The zero-order valence-corrected chi connectivity index (χ0v) is 9.84. The van der Waals surface area contributed by atoms with Gasteiger partial charge in [-0.15, -0.1) is 0 Å². The van der Waals surface area contributed by atoms with Crippen LogP contribution in [-0.4, -0.2) is 16.0 Å². The largest absolute Gasteiger partial charge is 0.409 e. The summed E-state index contributed by atoms with van der Waals surface area (Å²) >= 11 is 0. The molecule has 3 N–H and O–H groups in total. The van der Waals surface area contributed by atoms with E-state index in [1.54, 1.807) is 24.3 Å². The first-order chi connectivity index (χ1) is 9.19. The maximum absolute atomic E-state index is 12.9. The van der Waals surface area contributed by atoms with E-state index in [9.17, 15) is 4.39 Å². The Balaban J connectivity index is 2.21. The number of amidine groups is 1. The summed E-state index contributed by atoms with van der Waals surface area (Å²) in [6, 6.07) is 9.30. The average molecular weight is 255 g/mol. The van der Waals surface area contributed by atoms with Gasteiger partial charge in [-0.2, -0.15) is 0 Å². The number of benzene rings is 1. The van der Waals surface area contributed by atoms with E-state index in [0.29, 0.717) is 16.8 Å². The van der Waals surface area contributed by atoms with Gasteiger partial charge in [0.15, 0.2) is 5.84 Å². The highest BCUT2D eigenvalue weighted by Gasteiger charge is 1.99. The van der Waals surface area contributed by atoms with Gasteiger partial charge in [-0.05, 0) is 30.3 Å². The van der Waals surface area contributed by atoms with Crippen molar-refractivity contribution in [3.8, 4) is 11.8 Å². The van der Waals surface area contributed by atoms with Crippen LogP contribution in [0.4, 0.5) is 4.39 Å². The summed E-state index contributed by atoms with van der Waals surface area (Å²) in [5.41, 5.74) is 6.98. The molecule has 0 bridgehead atoms. The Morgan fingerprint density at radius 1 is 1.21 bits per heavy atom. The lowest BCUT2D eigenvalue weighted by Crippen LogP contribution is -2.14. The molecule has 2 aromatic rings. The van der Waals surface area contributed by atoms with Crippen LogP contribution in [0.1, 0.15) is 16.8 Å². The van der Waals surface area contributed by atoms with Gasteiger partial charge in [-0.25, -0.2) is 4.39 Å². The standard InChI is InChI=1S/C14H10FN3O/c15-12-3-1-2-10(8-12)4-5-11-6-7-13(17-9-11)14(16)18-19/h1-3,6-9,19H,(H2,16,18). The predicted molar refractivity (Wildman–Crippen MR) is 69.1 cm³/mol. The Hall–Kier alpha value is -2.87. The van der Waals surface area contributed by atoms with Crippen molar-refractivity contribution in [3.05, 3.63) is 65.2 Å². The fraction of sp³-hybridized carbons (Fsp3) is 0. The van der Waals surface area contributed by atoms with Gasteiger partial charge in [0.05, 0.1) is 0 Å². The molecule has 0 amide bonds. The molecule has 2 rings (SSSR count). The molecule has 1 aromatic carbocycles. The van der Waals surface area contributed by atoms with Crippen LogP contribution in [-0.2, 0) is 0 Å². The monoisotopic (exact) mass is 255 g/mol. The molecule has 0 atom stereocenters. The summed E-state index contributed by atoms with van der Waals surface area (Å²) < 4.78 is 12.9. The molecule has 0 radical (unpaired) electrons. The molecule has 0 saturated carbocycles. The molecular weight excluding hydrogens is 245 g/mol. The number of halogens is 1. The van der Waals surface area contributed by atoms with Crippen molar-refractivity contribution < 1.29 is 9.60 Å². The third kappa shape index (κ3) is 3.30.